The SMILES string of the molecule is N#CC(C#N)=C(N)[CH]([Cu])C#N. The molecule has 1 atom stereocenters. The second kappa shape index (κ2) is 4.36. The van der Waals surface area contributed by atoms with Gasteiger partial charge in [-0.25, -0.2) is 0 Å². The number of hydrogen-bond donors (Lipinski definition) is 1. The van der Waals surface area contributed by atoms with Crippen LogP contribution in [0.3, 0.4) is 0 Å². The molecule has 0 aromatic heterocycles. The van der Waals surface area contributed by atoms with Gasteiger partial charge in [-0.05, 0) is 0 Å². The Bertz CT molecular complexity index is 282. The van der Waals surface area contributed by atoms with E-state index < -0.39 is 4.82 Å². The van der Waals surface area contributed by atoms with Crippen molar-refractivity contribution in [2.24, 2.45) is 5.73 Å². The average Bonchev–Trinajstić information content (AvgIpc) is 2.05. The van der Waals surface area contributed by atoms with Gasteiger partial charge < -0.3 is 0 Å². The number of nitrogens with two attached hydrogens (primary N) is 1. The first kappa shape index (κ1) is 9.53. The molecule has 58 valence electrons. The molecule has 5 heteroatoms. The Morgan fingerprint density at radius 1 is 1.27 bits per heavy atom. The molecule has 11 heavy (non-hydrogen) atoms. The molecule has 0 spiro atoms. The molecule has 0 fully saturated rings. The number of hydrogen-bond acceptors (Lipinski definition) is 4. The second-order valence-corrected chi connectivity index (χ2v) is 2.05. The van der Waals surface area contributed by atoms with E-state index in [-0.39, 0.29) is 11.3 Å². The standard InChI is InChI=1S/C6H3N4.Cu/c7-2-1-6(10)5(3-8)4-9;/h1H,10H2;. The fraction of sp³-hybridized carbons (Fsp3) is 0.167. The number of rotatable bonds is 1. The molecule has 0 aliphatic carbocycles. The van der Waals surface area contributed by atoms with E-state index in [1.165, 1.54) is 12.1 Å². The van der Waals surface area contributed by atoms with E-state index in [1.807, 2.05) is 0 Å². The number of nitriles is 3. The third-order valence-corrected chi connectivity index (χ3v) is 1.28. The number of allylic oxidation sites excluding steroid dienone is 2. The minimum atomic E-state index is -1.02. The fourth-order valence-electron chi connectivity index (χ4n) is 0.339. The van der Waals surface area contributed by atoms with E-state index in [4.69, 9.17) is 21.5 Å². The predicted molar refractivity (Wildman–Crippen MR) is 31.8 cm³/mol. The van der Waals surface area contributed by atoms with Gasteiger partial charge in [0.2, 0.25) is 0 Å². The Hall–Kier alpha value is -1.47. The van der Waals surface area contributed by atoms with E-state index in [1.54, 1.807) is 6.07 Å². The molecule has 0 aromatic carbocycles. The minimum absolute atomic E-state index is 0.155. The molecule has 0 amide bonds. The van der Waals surface area contributed by atoms with Gasteiger partial charge >= 0.3 is 71.8 Å². The van der Waals surface area contributed by atoms with Gasteiger partial charge in [-0.15, -0.1) is 0 Å². The molecule has 0 aliphatic rings. The van der Waals surface area contributed by atoms with Crippen molar-refractivity contribution in [1.82, 2.24) is 0 Å². The first-order valence-corrected chi connectivity index (χ1v) is 3.00. The van der Waals surface area contributed by atoms with Gasteiger partial charge in [0.15, 0.2) is 0 Å². The van der Waals surface area contributed by atoms with Crippen molar-refractivity contribution in [2.45, 2.75) is 4.82 Å². The maximum absolute atomic E-state index is 8.27. The summed E-state index contributed by atoms with van der Waals surface area (Å²) in [5, 5.41) is 24.8. The normalized spacial score (nSPS) is 10.1. The molecule has 0 aromatic rings. The summed E-state index contributed by atoms with van der Waals surface area (Å²) in [4.78, 5) is -1.02. The van der Waals surface area contributed by atoms with Gasteiger partial charge in [-0.3, -0.25) is 0 Å². The quantitative estimate of drug-likeness (QED) is 0.473. The van der Waals surface area contributed by atoms with Crippen LogP contribution in [0.2, 0.25) is 4.82 Å². The molecule has 0 saturated carbocycles. The topological polar surface area (TPSA) is 97.4 Å². The summed E-state index contributed by atoms with van der Waals surface area (Å²) in [6.07, 6.45) is 0. The predicted octanol–water partition coefficient (Wildman–Crippen LogP) is 0.105. The Morgan fingerprint density at radius 2 is 1.73 bits per heavy atom. The molecule has 0 radical (unpaired) electrons. The fourth-order valence-corrected chi connectivity index (χ4v) is 0.475. The van der Waals surface area contributed by atoms with Crippen molar-refractivity contribution in [3.63, 3.8) is 0 Å². The summed E-state index contributed by atoms with van der Waals surface area (Å²) in [5.41, 5.74) is 4.75. The van der Waals surface area contributed by atoms with Crippen molar-refractivity contribution in [1.29, 1.82) is 15.8 Å². The molecule has 0 aliphatic heterocycles. The Morgan fingerprint density at radius 3 is 2.00 bits per heavy atom. The number of nitrogens with zero attached hydrogens (tertiary/aromatic N) is 3. The Labute approximate surface area is 72.3 Å². The molecule has 0 saturated heterocycles. The van der Waals surface area contributed by atoms with Gasteiger partial charge in [0.1, 0.15) is 0 Å². The zero-order valence-electron chi connectivity index (χ0n) is 5.30. The summed E-state index contributed by atoms with van der Waals surface area (Å²) < 4.78 is 0. The molecule has 1 unspecified atom stereocenters. The van der Waals surface area contributed by atoms with Crippen LogP contribution >= 0.6 is 0 Å². The zero-order chi connectivity index (χ0) is 8.85. The van der Waals surface area contributed by atoms with Gasteiger partial charge in [0.25, 0.3) is 0 Å². The van der Waals surface area contributed by atoms with E-state index in [9.17, 15) is 0 Å². The first-order chi connectivity index (χ1) is 5.17. The van der Waals surface area contributed by atoms with Crippen LogP contribution in [0.4, 0.5) is 0 Å². The average molecular weight is 195 g/mol. The van der Waals surface area contributed by atoms with E-state index >= 15 is 0 Å². The van der Waals surface area contributed by atoms with Crippen LogP contribution in [-0.4, -0.2) is 0 Å². The van der Waals surface area contributed by atoms with Crippen LogP contribution in [0.5, 0.6) is 0 Å². The molecule has 0 bridgehead atoms. The van der Waals surface area contributed by atoms with Crippen molar-refractivity contribution in [3.05, 3.63) is 11.3 Å². The van der Waals surface area contributed by atoms with Crippen LogP contribution in [0, 0.1) is 34.0 Å². The zero-order valence-corrected chi connectivity index (χ0v) is 6.24. The summed E-state index contributed by atoms with van der Waals surface area (Å²) in [6, 6.07) is 4.71. The third kappa shape index (κ3) is 2.32. The Balaban J connectivity index is 4.87. The summed E-state index contributed by atoms with van der Waals surface area (Å²) in [5.74, 6) is 0. The van der Waals surface area contributed by atoms with Gasteiger partial charge in [0.05, 0.1) is 0 Å². The van der Waals surface area contributed by atoms with Crippen LogP contribution < -0.4 is 5.73 Å². The molecule has 0 heterocycles. The Kier molecular flexibility index (Phi) is 3.78. The van der Waals surface area contributed by atoms with Crippen LogP contribution in [-0.2, 0) is 16.0 Å². The molecule has 2 N–H and O–H groups in total. The van der Waals surface area contributed by atoms with Crippen molar-refractivity contribution in [3.8, 4) is 18.2 Å². The van der Waals surface area contributed by atoms with Crippen LogP contribution in [0.15, 0.2) is 11.3 Å². The van der Waals surface area contributed by atoms with Crippen molar-refractivity contribution < 1.29 is 16.0 Å². The summed E-state index contributed by atoms with van der Waals surface area (Å²) in [7, 11) is 0. The maximum atomic E-state index is 8.27. The van der Waals surface area contributed by atoms with Crippen molar-refractivity contribution >= 4 is 0 Å². The third-order valence-electron chi connectivity index (χ3n) is 0.865. The van der Waals surface area contributed by atoms with Gasteiger partial charge in [-0.1, -0.05) is 0 Å². The second-order valence-electron chi connectivity index (χ2n) is 1.50. The van der Waals surface area contributed by atoms with E-state index in [0.717, 1.165) is 0 Å². The summed E-state index contributed by atoms with van der Waals surface area (Å²) >= 11 is 4.67. The molecule has 0 rings (SSSR count). The summed E-state index contributed by atoms with van der Waals surface area (Å²) in [6.45, 7) is 0. The van der Waals surface area contributed by atoms with E-state index in [2.05, 4.69) is 16.0 Å². The molecule has 4 nitrogen and oxygen atoms in total. The van der Waals surface area contributed by atoms with Crippen molar-refractivity contribution in [2.75, 3.05) is 0 Å². The van der Waals surface area contributed by atoms with E-state index in [0.29, 0.717) is 0 Å². The molecular weight excluding hydrogens is 192 g/mol. The molecular formula is C6H3CuN4. The van der Waals surface area contributed by atoms with Gasteiger partial charge in [-0.2, -0.15) is 0 Å². The van der Waals surface area contributed by atoms with Crippen LogP contribution in [0.25, 0.3) is 0 Å². The van der Waals surface area contributed by atoms with Gasteiger partial charge in [0, 0.05) is 0 Å². The monoisotopic (exact) mass is 194 g/mol. The van der Waals surface area contributed by atoms with Crippen LogP contribution in [0.1, 0.15) is 0 Å². The first-order valence-electron chi connectivity index (χ1n) is 2.46.